The number of fused-ring (bicyclic) bond motifs is 1. The third kappa shape index (κ3) is 3.04. The summed E-state index contributed by atoms with van der Waals surface area (Å²) in [5, 5.41) is 0. The predicted molar refractivity (Wildman–Crippen MR) is 74.0 cm³/mol. The van der Waals surface area contributed by atoms with Crippen LogP contribution in [0.5, 0.6) is 0 Å². The monoisotopic (exact) mass is 278 g/mol. The van der Waals surface area contributed by atoms with Crippen molar-refractivity contribution in [3.8, 4) is 0 Å². The summed E-state index contributed by atoms with van der Waals surface area (Å²) in [5.74, 6) is -0.540. The zero-order chi connectivity index (χ0) is 14.2. The summed E-state index contributed by atoms with van der Waals surface area (Å²) in [7, 11) is 0. The lowest BCUT2D eigenvalue weighted by Gasteiger charge is -2.27. The molecule has 110 valence electrons. The Balaban J connectivity index is 1.50. The van der Waals surface area contributed by atoms with Crippen molar-refractivity contribution in [2.45, 2.75) is 57.6 Å². The van der Waals surface area contributed by atoms with E-state index in [2.05, 4.69) is 19.1 Å². The Labute approximate surface area is 120 Å². The van der Waals surface area contributed by atoms with Crippen molar-refractivity contribution in [2.24, 2.45) is 0 Å². The summed E-state index contributed by atoms with van der Waals surface area (Å²) in [4.78, 5) is 0. The fourth-order valence-corrected chi connectivity index (χ4v) is 2.85. The highest BCUT2D eigenvalue weighted by Gasteiger charge is 2.53. The summed E-state index contributed by atoms with van der Waals surface area (Å²) in [5.41, 5.74) is 0.837. The van der Waals surface area contributed by atoms with Crippen LogP contribution in [0.4, 0.5) is 0 Å². The predicted octanol–water partition coefficient (Wildman–Crippen LogP) is 2.86. The molecule has 1 aromatic carbocycles. The van der Waals surface area contributed by atoms with E-state index in [1.807, 2.05) is 32.0 Å². The zero-order valence-electron chi connectivity index (χ0n) is 12.3. The molecule has 0 aromatic heterocycles. The van der Waals surface area contributed by atoms with Crippen molar-refractivity contribution in [1.82, 2.24) is 0 Å². The Morgan fingerprint density at radius 3 is 2.55 bits per heavy atom. The standard InChI is InChI=1S/C16H22O4/c1-15(2)18-13-9-16(3,20-14(13)19-15)11-17-10-12-7-5-4-6-8-12/h4-8,13-14H,9-11H2,1-3H3. The second-order valence-corrected chi connectivity index (χ2v) is 6.29. The van der Waals surface area contributed by atoms with Gasteiger partial charge in [-0.05, 0) is 26.3 Å². The van der Waals surface area contributed by atoms with Crippen LogP contribution >= 0.6 is 0 Å². The Morgan fingerprint density at radius 1 is 1.10 bits per heavy atom. The fraction of sp³-hybridized carbons (Fsp3) is 0.625. The van der Waals surface area contributed by atoms with Crippen LogP contribution in [-0.2, 0) is 25.6 Å². The SMILES string of the molecule is CC1(COCc2ccccc2)CC2OC(C)(C)OC2O1. The van der Waals surface area contributed by atoms with E-state index in [1.165, 1.54) is 5.56 Å². The van der Waals surface area contributed by atoms with E-state index >= 15 is 0 Å². The second kappa shape index (κ2) is 5.11. The maximum absolute atomic E-state index is 5.97. The first-order valence-electron chi connectivity index (χ1n) is 7.11. The molecule has 3 unspecified atom stereocenters. The van der Waals surface area contributed by atoms with Gasteiger partial charge in [-0.25, -0.2) is 0 Å². The highest BCUT2D eigenvalue weighted by atomic mass is 16.8. The highest BCUT2D eigenvalue weighted by molar-refractivity contribution is 5.13. The van der Waals surface area contributed by atoms with Crippen LogP contribution in [0.2, 0.25) is 0 Å². The maximum atomic E-state index is 5.97. The van der Waals surface area contributed by atoms with Gasteiger partial charge in [0.1, 0.15) is 6.10 Å². The quantitative estimate of drug-likeness (QED) is 0.848. The Bertz CT molecular complexity index is 441. The topological polar surface area (TPSA) is 36.9 Å². The molecule has 0 amide bonds. The van der Waals surface area contributed by atoms with Gasteiger partial charge in [0.25, 0.3) is 0 Å². The van der Waals surface area contributed by atoms with Crippen molar-refractivity contribution in [2.75, 3.05) is 6.61 Å². The van der Waals surface area contributed by atoms with Crippen molar-refractivity contribution in [1.29, 1.82) is 0 Å². The average molecular weight is 278 g/mol. The van der Waals surface area contributed by atoms with Gasteiger partial charge in [0.2, 0.25) is 0 Å². The van der Waals surface area contributed by atoms with Crippen molar-refractivity contribution in [3.63, 3.8) is 0 Å². The minimum absolute atomic E-state index is 0.00956. The van der Waals surface area contributed by atoms with Gasteiger partial charge < -0.3 is 18.9 Å². The second-order valence-electron chi connectivity index (χ2n) is 6.29. The number of benzene rings is 1. The average Bonchev–Trinajstić information content (AvgIpc) is 2.79. The Kier molecular flexibility index (Phi) is 3.58. The number of ether oxygens (including phenoxy) is 4. The van der Waals surface area contributed by atoms with Crippen LogP contribution in [0, 0.1) is 0 Å². The van der Waals surface area contributed by atoms with Crippen LogP contribution in [0.15, 0.2) is 30.3 Å². The summed E-state index contributed by atoms with van der Waals surface area (Å²) in [6.45, 7) is 7.02. The first-order valence-corrected chi connectivity index (χ1v) is 7.11. The maximum Gasteiger partial charge on any atom is 0.187 e. The van der Waals surface area contributed by atoms with Crippen LogP contribution in [0.1, 0.15) is 32.8 Å². The Hall–Kier alpha value is -0.940. The zero-order valence-corrected chi connectivity index (χ0v) is 12.3. The van der Waals surface area contributed by atoms with Gasteiger partial charge in [0.05, 0.1) is 18.8 Å². The van der Waals surface area contributed by atoms with E-state index in [9.17, 15) is 0 Å². The van der Waals surface area contributed by atoms with E-state index in [1.54, 1.807) is 0 Å². The molecule has 0 radical (unpaired) electrons. The molecule has 0 spiro atoms. The molecule has 4 heteroatoms. The smallest absolute Gasteiger partial charge is 0.187 e. The van der Waals surface area contributed by atoms with Crippen LogP contribution in [-0.4, -0.2) is 30.4 Å². The van der Waals surface area contributed by atoms with E-state index in [0.717, 1.165) is 6.42 Å². The third-order valence-electron chi connectivity index (χ3n) is 3.69. The van der Waals surface area contributed by atoms with Crippen LogP contribution < -0.4 is 0 Å². The number of hydrogen-bond donors (Lipinski definition) is 0. The molecule has 0 bridgehead atoms. The van der Waals surface area contributed by atoms with E-state index < -0.39 is 5.79 Å². The van der Waals surface area contributed by atoms with Crippen LogP contribution in [0.3, 0.4) is 0 Å². The molecule has 3 rings (SSSR count). The van der Waals surface area contributed by atoms with Gasteiger partial charge in [0, 0.05) is 6.42 Å². The minimum Gasteiger partial charge on any atom is -0.374 e. The fourth-order valence-electron chi connectivity index (χ4n) is 2.85. The highest BCUT2D eigenvalue weighted by Crippen LogP contribution is 2.41. The molecule has 20 heavy (non-hydrogen) atoms. The van der Waals surface area contributed by atoms with Crippen molar-refractivity contribution in [3.05, 3.63) is 35.9 Å². The summed E-state index contributed by atoms with van der Waals surface area (Å²) in [6.07, 6.45) is 0.543. The molecule has 2 aliphatic heterocycles. The molecule has 0 saturated carbocycles. The van der Waals surface area contributed by atoms with Gasteiger partial charge >= 0.3 is 0 Å². The molecule has 2 saturated heterocycles. The molecule has 3 atom stereocenters. The Morgan fingerprint density at radius 2 is 1.85 bits per heavy atom. The normalized spacial score (nSPS) is 35.1. The first-order chi connectivity index (χ1) is 9.46. The lowest BCUT2D eigenvalue weighted by Crippen LogP contribution is -2.34. The number of hydrogen-bond acceptors (Lipinski definition) is 4. The lowest BCUT2D eigenvalue weighted by molar-refractivity contribution is -0.229. The summed E-state index contributed by atoms with van der Waals surface area (Å²) < 4.78 is 23.3. The van der Waals surface area contributed by atoms with Gasteiger partial charge in [-0.1, -0.05) is 30.3 Å². The van der Waals surface area contributed by atoms with E-state index in [0.29, 0.717) is 13.2 Å². The van der Waals surface area contributed by atoms with Gasteiger partial charge in [0.15, 0.2) is 12.1 Å². The number of rotatable bonds is 4. The molecule has 2 fully saturated rings. The van der Waals surface area contributed by atoms with Gasteiger partial charge in [-0.3, -0.25) is 0 Å². The van der Waals surface area contributed by atoms with Gasteiger partial charge in [-0.15, -0.1) is 0 Å². The minimum atomic E-state index is -0.540. The molecule has 4 nitrogen and oxygen atoms in total. The van der Waals surface area contributed by atoms with Crippen LogP contribution in [0.25, 0.3) is 0 Å². The largest absolute Gasteiger partial charge is 0.374 e. The molecule has 2 aliphatic rings. The summed E-state index contributed by atoms with van der Waals surface area (Å²) >= 11 is 0. The first kappa shape index (κ1) is 14.0. The summed E-state index contributed by atoms with van der Waals surface area (Å²) in [6, 6.07) is 10.1. The molecule has 0 N–H and O–H groups in total. The van der Waals surface area contributed by atoms with E-state index in [4.69, 9.17) is 18.9 Å². The van der Waals surface area contributed by atoms with E-state index in [-0.39, 0.29) is 18.0 Å². The van der Waals surface area contributed by atoms with Crippen molar-refractivity contribution >= 4 is 0 Å². The van der Waals surface area contributed by atoms with Crippen molar-refractivity contribution < 1.29 is 18.9 Å². The molecule has 0 aliphatic carbocycles. The molecule has 1 aromatic rings. The third-order valence-corrected chi connectivity index (χ3v) is 3.69. The molecule has 2 heterocycles. The molecular weight excluding hydrogens is 256 g/mol. The van der Waals surface area contributed by atoms with Gasteiger partial charge in [-0.2, -0.15) is 0 Å². The lowest BCUT2D eigenvalue weighted by atomic mass is 10.0. The molecular formula is C16H22O4.